The van der Waals surface area contributed by atoms with E-state index in [9.17, 15) is 13.7 Å². The molecule has 1 heteroatoms. The zero-order valence-electron chi connectivity index (χ0n) is 41.8. The molecule has 0 N–H and O–H groups in total. The first-order valence-corrected chi connectivity index (χ1v) is 17.1. The molecule has 0 bridgehead atoms. The number of furan rings is 1. The Morgan fingerprint density at radius 3 is 1.83 bits per heavy atom. The van der Waals surface area contributed by atoms with Crippen LogP contribution in [0, 0.1) is 0 Å². The average molecular weight is 687 g/mol. The van der Waals surface area contributed by atoms with E-state index >= 15 is 0 Å². The van der Waals surface area contributed by atoms with Crippen LogP contribution in [0.2, 0.25) is 0 Å². The van der Waals surface area contributed by atoms with Crippen molar-refractivity contribution in [3.8, 4) is 44.5 Å². The highest BCUT2D eigenvalue weighted by molar-refractivity contribution is 6.25. The van der Waals surface area contributed by atoms with Crippen molar-refractivity contribution in [3.63, 3.8) is 0 Å². The highest BCUT2D eigenvalue weighted by atomic mass is 16.3. The molecule has 0 unspecified atom stereocenters. The summed E-state index contributed by atoms with van der Waals surface area (Å²) in [6, 6.07) is 24.7. The summed E-state index contributed by atoms with van der Waals surface area (Å²) in [5.41, 5.74) is 2.90. The normalized spacial score (nSPS) is 15.5. The third-order valence-electron chi connectivity index (χ3n) is 10.00. The molecule has 1 nitrogen and oxygen atoms in total. The summed E-state index contributed by atoms with van der Waals surface area (Å²) in [5.74, 6) is 0. The average Bonchev–Trinajstić information content (AvgIpc) is 3.72. The standard InChI is InChI=1S/C52H32O/c1-2-13-33(14-3-1)35-27-30-47-49(32-35)53-48-26-12-23-40(52(47)48)37-28-29-39-36(31-37)17-11-25-42(39)51-45-21-8-6-19-43(45)50(44-20-7-9-22-46(44)51)41-24-10-16-34-15-4-5-18-38(34)41/h1-32H/i6D,7D,8D,9D,11D,17D,19D,20D,21D,22D,25D,28D,29D,31D. The lowest BCUT2D eigenvalue weighted by atomic mass is 9.83. The summed E-state index contributed by atoms with van der Waals surface area (Å²) in [6.45, 7) is 0. The molecule has 1 heterocycles. The van der Waals surface area contributed by atoms with Gasteiger partial charge in [-0.15, -0.1) is 0 Å². The third kappa shape index (κ3) is 4.64. The second-order valence-electron chi connectivity index (χ2n) is 12.9. The van der Waals surface area contributed by atoms with Crippen molar-refractivity contribution in [1.29, 1.82) is 0 Å². The number of fused-ring (bicyclic) bond motifs is 7. The predicted octanol–water partition coefficient (Wildman–Crippen LogP) is 14.9. The first-order chi connectivity index (χ1) is 32.1. The number of hydrogen-bond acceptors (Lipinski definition) is 1. The van der Waals surface area contributed by atoms with Crippen LogP contribution in [-0.4, -0.2) is 0 Å². The second kappa shape index (κ2) is 11.8. The maximum Gasteiger partial charge on any atom is 0.136 e. The smallest absolute Gasteiger partial charge is 0.136 e. The van der Waals surface area contributed by atoms with Crippen molar-refractivity contribution < 1.29 is 23.6 Å². The molecule has 0 fully saturated rings. The fourth-order valence-corrected chi connectivity index (χ4v) is 7.66. The Kier molecular flexibility index (Phi) is 4.24. The molecule has 0 saturated heterocycles. The van der Waals surface area contributed by atoms with E-state index in [1.807, 2.05) is 66.7 Å². The molecule has 11 rings (SSSR count). The van der Waals surface area contributed by atoms with Gasteiger partial charge in [-0.25, -0.2) is 0 Å². The van der Waals surface area contributed by atoms with Crippen molar-refractivity contribution in [3.05, 3.63) is 194 Å². The van der Waals surface area contributed by atoms with Gasteiger partial charge in [0.1, 0.15) is 11.2 Å². The molecule has 10 aromatic carbocycles. The zero-order chi connectivity index (χ0) is 47.1. The van der Waals surface area contributed by atoms with Gasteiger partial charge in [0.2, 0.25) is 0 Å². The van der Waals surface area contributed by atoms with Crippen LogP contribution in [-0.2, 0) is 0 Å². The second-order valence-corrected chi connectivity index (χ2v) is 12.9. The molecule has 246 valence electrons. The van der Waals surface area contributed by atoms with E-state index in [1.165, 1.54) is 0 Å². The monoisotopic (exact) mass is 686 g/mol. The van der Waals surface area contributed by atoms with Gasteiger partial charge in [-0.3, -0.25) is 0 Å². The van der Waals surface area contributed by atoms with Crippen molar-refractivity contribution >= 4 is 65.0 Å². The lowest BCUT2D eigenvalue weighted by Crippen LogP contribution is -1.92. The highest BCUT2D eigenvalue weighted by Crippen LogP contribution is 2.47. The molecule has 53 heavy (non-hydrogen) atoms. The van der Waals surface area contributed by atoms with E-state index in [4.69, 9.17) is 9.90 Å². The molecule has 0 saturated carbocycles. The summed E-state index contributed by atoms with van der Waals surface area (Å²) in [6.07, 6.45) is 0. The van der Waals surface area contributed by atoms with Crippen LogP contribution in [0.4, 0.5) is 0 Å². The van der Waals surface area contributed by atoms with Crippen molar-refractivity contribution in [2.24, 2.45) is 0 Å². The fourth-order valence-electron chi connectivity index (χ4n) is 7.66. The van der Waals surface area contributed by atoms with E-state index in [0.717, 1.165) is 16.5 Å². The molecule has 0 amide bonds. The van der Waals surface area contributed by atoms with Gasteiger partial charge in [0, 0.05) is 10.8 Å². The first kappa shape index (κ1) is 19.0. The summed E-state index contributed by atoms with van der Waals surface area (Å²) >= 11 is 0. The van der Waals surface area contributed by atoms with Gasteiger partial charge >= 0.3 is 0 Å². The van der Waals surface area contributed by atoms with E-state index in [2.05, 4.69) is 0 Å². The minimum atomic E-state index is -0.708. The fraction of sp³-hybridized carbons (Fsp3) is 0. The van der Waals surface area contributed by atoms with Gasteiger partial charge < -0.3 is 4.42 Å². The maximum absolute atomic E-state index is 9.85. The van der Waals surface area contributed by atoms with Crippen LogP contribution >= 0.6 is 0 Å². The van der Waals surface area contributed by atoms with Crippen LogP contribution in [0.25, 0.3) is 110 Å². The van der Waals surface area contributed by atoms with Gasteiger partial charge in [-0.1, -0.05) is 170 Å². The Morgan fingerprint density at radius 1 is 0.358 bits per heavy atom. The largest absolute Gasteiger partial charge is 0.456 e. The summed E-state index contributed by atoms with van der Waals surface area (Å²) in [4.78, 5) is 0. The molecule has 0 atom stereocenters. The summed E-state index contributed by atoms with van der Waals surface area (Å²) < 4.78 is 137. The van der Waals surface area contributed by atoms with Crippen LogP contribution in [0.1, 0.15) is 19.2 Å². The topological polar surface area (TPSA) is 13.1 Å². The zero-order valence-corrected chi connectivity index (χ0v) is 27.8. The number of benzene rings is 10. The number of hydrogen-bond donors (Lipinski definition) is 0. The Morgan fingerprint density at radius 2 is 1.04 bits per heavy atom. The highest BCUT2D eigenvalue weighted by Gasteiger charge is 2.20. The van der Waals surface area contributed by atoms with E-state index in [1.54, 1.807) is 42.5 Å². The van der Waals surface area contributed by atoms with Crippen LogP contribution < -0.4 is 0 Å². The summed E-state index contributed by atoms with van der Waals surface area (Å²) in [5, 5.41) is 1.14. The van der Waals surface area contributed by atoms with Gasteiger partial charge in [0.05, 0.1) is 19.2 Å². The Hall–Kier alpha value is -6.96. The lowest BCUT2D eigenvalue weighted by molar-refractivity contribution is 0.669. The quantitative estimate of drug-likeness (QED) is 0.168. The van der Waals surface area contributed by atoms with Gasteiger partial charge in [0.15, 0.2) is 0 Å². The Bertz CT molecular complexity index is 3940. The third-order valence-corrected chi connectivity index (χ3v) is 10.00. The van der Waals surface area contributed by atoms with Crippen molar-refractivity contribution in [2.75, 3.05) is 0 Å². The molecule has 0 aliphatic heterocycles. The minimum absolute atomic E-state index is 0.0561. The molecule has 0 spiro atoms. The van der Waals surface area contributed by atoms with E-state index in [0.29, 0.717) is 38.5 Å². The summed E-state index contributed by atoms with van der Waals surface area (Å²) in [7, 11) is 0. The molecular weight excluding hydrogens is 641 g/mol. The van der Waals surface area contributed by atoms with Crippen LogP contribution in [0.3, 0.4) is 0 Å². The minimum Gasteiger partial charge on any atom is -0.456 e. The molecule has 1 aromatic heterocycles. The van der Waals surface area contributed by atoms with E-state index < -0.39 is 84.6 Å². The molecule has 11 aromatic rings. The van der Waals surface area contributed by atoms with Crippen LogP contribution in [0.5, 0.6) is 0 Å². The van der Waals surface area contributed by atoms with Gasteiger partial charge in [-0.2, -0.15) is 0 Å². The molecule has 0 radical (unpaired) electrons. The maximum atomic E-state index is 9.85. The van der Waals surface area contributed by atoms with Crippen molar-refractivity contribution in [1.82, 2.24) is 0 Å². The predicted molar refractivity (Wildman–Crippen MR) is 225 cm³/mol. The Balaban J connectivity index is 1.32. The molecular formula is C52H32O. The van der Waals surface area contributed by atoms with Gasteiger partial charge in [-0.05, 0) is 112 Å². The molecule has 0 aliphatic carbocycles. The van der Waals surface area contributed by atoms with Crippen molar-refractivity contribution in [2.45, 2.75) is 0 Å². The van der Waals surface area contributed by atoms with E-state index in [-0.39, 0.29) is 54.6 Å². The number of rotatable bonds is 4. The van der Waals surface area contributed by atoms with Crippen LogP contribution in [0.15, 0.2) is 198 Å². The van der Waals surface area contributed by atoms with Gasteiger partial charge in [0.25, 0.3) is 0 Å². The lowest BCUT2D eigenvalue weighted by Gasteiger charge is -2.20. The SMILES string of the molecule is [2H]c1c([2H])c(-c2c3c([2H])c([2H])c([2H])c([2H])c3c(-c3cccc4ccccc34)c3c([2H])c([2H])c([2H])c([2H])c23)c2c([2H])c([2H])c(-c3cccc4oc5cc(-c6ccccc6)ccc5c34)c([2H])c2c1[2H]. The first-order valence-electron chi connectivity index (χ1n) is 24.1. The molecule has 0 aliphatic rings. The Labute approximate surface area is 326 Å².